The van der Waals surface area contributed by atoms with Gasteiger partial charge in [-0.25, -0.2) is 13.4 Å². The predicted octanol–water partition coefficient (Wildman–Crippen LogP) is 3.19. The van der Waals surface area contributed by atoms with E-state index in [1.165, 1.54) is 23.5 Å². The van der Waals surface area contributed by atoms with Gasteiger partial charge in [-0.3, -0.25) is 4.72 Å². The second-order valence-electron chi connectivity index (χ2n) is 4.58. The number of hydrogen-bond acceptors (Lipinski definition) is 5. The van der Waals surface area contributed by atoms with Crippen molar-refractivity contribution in [1.29, 1.82) is 0 Å². The Morgan fingerprint density at radius 1 is 1.05 bits per heavy atom. The van der Waals surface area contributed by atoms with E-state index in [0.29, 0.717) is 10.8 Å². The Labute approximate surface area is 132 Å². The van der Waals surface area contributed by atoms with Crippen molar-refractivity contribution in [3.05, 3.63) is 60.0 Å². The molecule has 0 fully saturated rings. The number of sulfonamides is 1. The highest BCUT2D eigenvalue weighted by Gasteiger charge is 2.16. The number of hydrogen-bond donors (Lipinski definition) is 2. The zero-order valence-electron chi connectivity index (χ0n) is 11.4. The molecule has 0 radical (unpaired) electrons. The molecule has 3 N–H and O–H groups in total. The van der Waals surface area contributed by atoms with Gasteiger partial charge in [-0.15, -0.1) is 11.3 Å². The molecule has 1 aromatic heterocycles. The third kappa shape index (κ3) is 3.10. The summed E-state index contributed by atoms with van der Waals surface area (Å²) in [5.74, 6) is 0. The molecule has 0 bridgehead atoms. The van der Waals surface area contributed by atoms with E-state index in [1.54, 1.807) is 12.1 Å². The van der Waals surface area contributed by atoms with E-state index >= 15 is 0 Å². The first kappa shape index (κ1) is 14.6. The van der Waals surface area contributed by atoms with Crippen molar-refractivity contribution in [1.82, 2.24) is 4.98 Å². The number of aromatic nitrogens is 1. The maximum Gasteiger partial charge on any atom is 0.263 e. The standard InChI is InChI=1S/C15H13N3O2S2/c16-12-7-4-8-13(9-12)22(19,20)18-15-17-14(10-21-15)11-5-2-1-3-6-11/h1-10H,16H2,(H,17,18). The molecule has 0 aliphatic rings. The second kappa shape index (κ2) is 5.78. The molecular weight excluding hydrogens is 318 g/mol. The van der Waals surface area contributed by atoms with Crippen molar-refractivity contribution in [2.75, 3.05) is 10.5 Å². The zero-order chi connectivity index (χ0) is 15.6. The molecule has 112 valence electrons. The molecule has 22 heavy (non-hydrogen) atoms. The summed E-state index contributed by atoms with van der Waals surface area (Å²) in [4.78, 5) is 4.43. The molecule has 5 nitrogen and oxygen atoms in total. The summed E-state index contributed by atoms with van der Waals surface area (Å²) in [5.41, 5.74) is 7.69. The average Bonchev–Trinajstić information content (AvgIpc) is 2.96. The lowest BCUT2D eigenvalue weighted by Gasteiger charge is -2.05. The van der Waals surface area contributed by atoms with Crippen LogP contribution < -0.4 is 10.5 Å². The zero-order valence-corrected chi connectivity index (χ0v) is 13.1. The third-order valence-corrected chi connectivity index (χ3v) is 5.19. The Bertz CT molecular complexity index is 890. The van der Waals surface area contributed by atoms with Gasteiger partial charge in [0, 0.05) is 16.6 Å². The van der Waals surface area contributed by atoms with E-state index in [1.807, 2.05) is 35.7 Å². The molecule has 0 atom stereocenters. The van der Waals surface area contributed by atoms with Crippen molar-refractivity contribution in [2.45, 2.75) is 4.90 Å². The van der Waals surface area contributed by atoms with Gasteiger partial charge in [0.25, 0.3) is 10.0 Å². The minimum atomic E-state index is -3.69. The van der Waals surface area contributed by atoms with Crippen LogP contribution in [0.4, 0.5) is 10.8 Å². The molecule has 0 aliphatic heterocycles. The Kier molecular flexibility index (Phi) is 3.82. The number of anilines is 2. The van der Waals surface area contributed by atoms with Gasteiger partial charge in [0.2, 0.25) is 0 Å². The Morgan fingerprint density at radius 2 is 1.82 bits per heavy atom. The highest BCUT2D eigenvalue weighted by molar-refractivity contribution is 7.93. The summed E-state index contributed by atoms with van der Waals surface area (Å²) in [6.45, 7) is 0. The second-order valence-corrected chi connectivity index (χ2v) is 7.12. The summed E-state index contributed by atoms with van der Waals surface area (Å²) in [5, 5.41) is 2.13. The molecule has 0 unspecified atom stereocenters. The summed E-state index contributed by atoms with van der Waals surface area (Å²) < 4.78 is 27.1. The molecule has 3 rings (SSSR count). The SMILES string of the molecule is Nc1cccc(S(=O)(=O)Nc2nc(-c3ccccc3)cs2)c1. The average molecular weight is 331 g/mol. The van der Waals surface area contributed by atoms with Crippen LogP contribution in [0.2, 0.25) is 0 Å². The third-order valence-electron chi connectivity index (χ3n) is 2.96. The van der Waals surface area contributed by atoms with Crippen molar-refractivity contribution in [3.8, 4) is 11.3 Å². The lowest BCUT2D eigenvalue weighted by molar-refractivity contribution is 0.601. The van der Waals surface area contributed by atoms with Gasteiger partial charge in [0.15, 0.2) is 5.13 Å². The van der Waals surface area contributed by atoms with Crippen LogP contribution in [0.1, 0.15) is 0 Å². The summed E-state index contributed by atoms with van der Waals surface area (Å²) in [6.07, 6.45) is 0. The molecule has 2 aromatic carbocycles. The normalized spacial score (nSPS) is 11.3. The van der Waals surface area contributed by atoms with Gasteiger partial charge >= 0.3 is 0 Å². The van der Waals surface area contributed by atoms with Crippen LogP contribution in [-0.2, 0) is 10.0 Å². The fourth-order valence-electron chi connectivity index (χ4n) is 1.92. The van der Waals surface area contributed by atoms with Crippen LogP contribution in [0.15, 0.2) is 64.9 Å². The van der Waals surface area contributed by atoms with Crippen molar-refractivity contribution < 1.29 is 8.42 Å². The smallest absolute Gasteiger partial charge is 0.263 e. The van der Waals surface area contributed by atoms with Gasteiger partial charge in [-0.2, -0.15) is 0 Å². The lowest BCUT2D eigenvalue weighted by atomic mass is 10.2. The van der Waals surface area contributed by atoms with Gasteiger partial charge < -0.3 is 5.73 Å². The maximum absolute atomic E-state index is 12.3. The Hall–Kier alpha value is -2.38. The molecule has 0 aliphatic carbocycles. The minimum absolute atomic E-state index is 0.115. The number of benzene rings is 2. The number of thiazole rings is 1. The number of nitrogens with zero attached hydrogens (tertiary/aromatic N) is 1. The van der Waals surface area contributed by atoms with E-state index in [4.69, 9.17) is 5.73 Å². The van der Waals surface area contributed by atoms with Crippen LogP contribution in [-0.4, -0.2) is 13.4 Å². The van der Waals surface area contributed by atoms with Crippen LogP contribution in [0.3, 0.4) is 0 Å². The van der Waals surface area contributed by atoms with E-state index in [0.717, 1.165) is 11.3 Å². The van der Waals surface area contributed by atoms with Crippen molar-refractivity contribution in [3.63, 3.8) is 0 Å². The first-order valence-electron chi connectivity index (χ1n) is 6.44. The molecule has 0 amide bonds. The number of nitrogens with one attached hydrogen (secondary N) is 1. The fraction of sp³-hybridized carbons (Fsp3) is 0. The highest BCUT2D eigenvalue weighted by Crippen LogP contribution is 2.26. The molecule has 0 spiro atoms. The van der Waals surface area contributed by atoms with Crippen LogP contribution in [0, 0.1) is 0 Å². The quantitative estimate of drug-likeness (QED) is 0.719. The predicted molar refractivity (Wildman–Crippen MR) is 89.2 cm³/mol. The first-order valence-corrected chi connectivity index (χ1v) is 8.80. The topological polar surface area (TPSA) is 85.1 Å². The molecule has 3 aromatic rings. The summed E-state index contributed by atoms with van der Waals surface area (Å²) >= 11 is 1.24. The molecule has 0 saturated carbocycles. The maximum atomic E-state index is 12.3. The van der Waals surface area contributed by atoms with Crippen LogP contribution in [0.25, 0.3) is 11.3 Å². The van der Waals surface area contributed by atoms with Gasteiger partial charge in [0.1, 0.15) is 0 Å². The number of rotatable bonds is 4. The minimum Gasteiger partial charge on any atom is -0.399 e. The Morgan fingerprint density at radius 3 is 2.55 bits per heavy atom. The highest BCUT2D eigenvalue weighted by atomic mass is 32.2. The van der Waals surface area contributed by atoms with Crippen LogP contribution in [0.5, 0.6) is 0 Å². The van der Waals surface area contributed by atoms with E-state index in [2.05, 4.69) is 9.71 Å². The monoisotopic (exact) mass is 331 g/mol. The van der Waals surface area contributed by atoms with Crippen LogP contribution >= 0.6 is 11.3 Å². The summed E-state index contributed by atoms with van der Waals surface area (Å²) in [7, 11) is -3.69. The summed E-state index contributed by atoms with van der Waals surface area (Å²) in [6, 6.07) is 15.7. The number of nitrogen functional groups attached to an aromatic ring is 1. The van der Waals surface area contributed by atoms with Crippen molar-refractivity contribution in [2.24, 2.45) is 0 Å². The van der Waals surface area contributed by atoms with Gasteiger partial charge in [-0.05, 0) is 18.2 Å². The molecule has 1 heterocycles. The molecular formula is C15H13N3O2S2. The van der Waals surface area contributed by atoms with Gasteiger partial charge in [-0.1, -0.05) is 36.4 Å². The fourth-order valence-corrected chi connectivity index (χ4v) is 3.94. The van der Waals surface area contributed by atoms with E-state index < -0.39 is 10.0 Å². The van der Waals surface area contributed by atoms with E-state index in [9.17, 15) is 8.42 Å². The van der Waals surface area contributed by atoms with Crippen molar-refractivity contribution >= 4 is 32.2 Å². The Balaban J connectivity index is 1.86. The number of nitrogens with two attached hydrogens (primary N) is 1. The lowest BCUT2D eigenvalue weighted by Crippen LogP contribution is -2.13. The largest absolute Gasteiger partial charge is 0.399 e. The van der Waals surface area contributed by atoms with E-state index in [-0.39, 0.29) is 4.90 Å². The molecule has 7 heteroatoms. The van der Waals surface area contributed by atoms with Gasteiger partial charge in [0.05, 0.1) is 10.6 Å². The first-order chi connectivity index (χ1) is 10.5. The molecule has 0 saturated heterocycles.